The molecule has 27 heavy (non-hydrogen) atoms. The van der Waals surface area contributed by atoms with Gasteiger partial charge in [-0.2, -0.15) is 4.31 Å². The second-order valence-electron chi connectivity index (χ2n) is 6.25. The van der Waals surface area contributed by atoms with E-state index in [1.165, 1.54) is 21.7 Å². The Morgan fingerprint density at radius 2 is 2.07 bits per heavy atom. The average molecular weight is 425 g/mol. The number of nitrogens with one attached hydrogen (secondary N) is 1. The molecule has 0 saturated carbocycles. The number of hydrogen-bond donors (Lipinski definition) is 2. The Bertz CT molecular complexity index is 1040. The summed E-state index contributed by atoms with van der Waals surface area (Å²) in [5.41, 5.74) is 1.32. The summed E-state index contributed by atoms with van der Waals surface area (Å²) in [5.74, 6) is 0.544. The quantitative estimate of drug-likeness (QED) is 0.670. The molecule has 2 aromatic heterocycles. The van der Waals surface area contributed by atoms with Crippen molar-refractivity contribution in [3.05, 3.63) is 41.0 Å². The number of aromatic amines is 1. The smallest absolute Gasteiger partial charge is 0.244 e. The van der Waals surface area contributed by atoms with Gasteiger partial charge in [-0.05, 0) is 31.0 Å². The van der Waals surface area contributed by atoms with Gasteiger partial charge in [0.15, 0.2) is 0 Å². The standard InChI is InChI=1S/C17H17ClN4O3S2/c18-13-2-1-11(16-20-10-14(21-16)17-19-5-8-26-17)9-15(13)27(24,25)22-6-3-12(23)4-7-22/h1-2,5,8-10,12,23H,3-4,6-7H2,(H,20,21). The van der Waals surface area contributed by atoms with E-state index in [0.717, 1.165) is 5.01 Å². The van der Waals surface area contributed by atoms with Gasteiger partial charge in [0.05, 0.1) is 11.1 Å². The molecule has 1 aliphatic heterocycles. The van der Waals surface area contributed by atoms with Gasteiger partial charge in [-0.1, -0.05) is 11.6 Å². The number of H-pyrrole nitrogens is 1. The molecule has 1 saturated heterocycles. The number of aliphatic hydroxyl groups excluding tert-OH is 1. The molecule has 0 atom stereocenters. The molecule has 142 valence electrons. The Kier molecular flexibility index (Phi) is 5.04. The van der Waals surface area contributed by atoms with E-state index in [9.17, 15) is 13.5 Å². The molecular weight excluding hydrogens is 408 g/mol. The Labute approximate surface area is 165 Å². The summed E-state index contributed by atoms with van der Waals surface area (Å²) in [6.45, 7) is 0.554. The second-order valence-corrected chi connectivity index (χ2v) is 9.46. The fourth-order valence-electron chi connectivity index (χ4n) is 3.00. The van der Waals surface area contributed by atoms with Crippen LogP contribution in [0.4, 0.5) is 0 Å². The summed E-state index contributed by atoms with van der Waals surface area (Å²) < 4.78 is 27.4. The number of thiazole rings is 1. The highest BCUT2D eigenvalue weighted by atomic mass is 35.5. The molecule has 1 aliphatic rings. The van der Waals surface area contributed by atoms with E-state index in [1.54, 1.807) is 24.5 Å². The minimum Gasteiger partial charge on any atom is -0.393 e. The Hall–Kier alpha value is -1.78. The van der Waals surface area contributed by atoms with Crippen molar-refractivity contribution >= 4 is 33.0 Å². The Balaban J connectivity index is 1.68. The van der Waals surface area contributed by atoms with Crippen molar-refractivity contribution in [3.63, 3.8) is 0 Å². The van der Waals surface area contributed by atoms with Crippen LogP contribution in [-0.4, -0.2) is 52.0 Å². The summed E-state index contributed by atoms with van der Waals surface area (Å²) >= 11 is 7.68. The molecule has 0 unspecified atom stereocenters. The zero-order valence-electron chi connectivity index (χ0n) is 14.2. The van der Waals surface area contributed by atoms with Crippen LogP contribution in [0.3, 0.4) is 0 Å². The van der Waals surface area contributed by atoms with Crippen molar-refractivity contribution in [3.8, 4) is 22.1 Å². The zero-order chi connectivity index (χ0) is 19.0. The van der Waals surface area contributed by atoms with E-state index in [2.05, 4.69) is 15.0 Å². The highest BCUT2D eigenvalue weighted by Gasteiger charge is 2.30. The molecule has 4 rings (SSSR count). The number of nitrogens with zero attached hydrogens (tertiary/aromatic N) is 3. The van der Waals surface area contributed by atoms with Crippen molar-refractivity contribution in [2.75, 3.05) is 13.1 Å². The lowest BCUT2D eigenvalue weighted by Crippen LogP contribution is -2.40. The van der Waals surface area contributed by atoms with Crippen LogP contribution in [0.5, 0.6) is 0 Å². The van der Waals surface area contributed by atoms with Crippen LogP contribution in [0.1, 0.15) is 12.8 Å². The maximum absolute atomic E-state index is 13.0. The molecule has 10 heteroatoms. The van der Waals surface area contributed by atoms with Crippen molar-refractivity contribution < 1.29 is 13.5 Å². The first-order chi connectivity index (χ1) is 12.9. The number of aliphatic hydroxyl groups is 1. The third-order valence-corrected chi connectivity index (χ3v) is 7.65. The van der Waals surface area contributed by atoms with E-state index in [1.807, 2.05) is 5.38 Å². The van der Waals surface area contributed by atoms with E-state index in [0.29, 0.717) is 29.9 Å². The topological polar surface area (TPSA) is 99.2 Å². The molecule has 3 heterocycles. The summed E-state index contributed by atoms with van der Waals surface area (Å²) in [5, 5.41) is 12.4. The molecule has 0 amide bonds. The second kappa shape index (κ2) is 7.33. The number of imidazole rings is 1. The van der Waals surface area contributed by atoms with Crippen molar-refractivity contribution in [2.45, 2.75) is 23.8 Å². The average Bonchev–Trinajstić information content (AvgIpc) is 3.34. The largest absolute Gasteiger partial charge is 0.393 e. The van der Waals surface area contributed by atoms with Gasteiger partial charge in [0.2, 0.25) is 10.0 Å². The maximum Gasteiger partial charge on any atom is 0.244 e. The molecule has 1 aromatic carbocycles. The SMILES string of the molecule is O=S(=O)(c1cc(-c2nc(-c3nccs3)c[nH]2)ccc1Cl)N1CCC(O)CC1. The highest BCUT2D eigenvalue weighted by molar-refractivity contribution is 7.89. The number of piperidine rings is 1. The fourth-order valence-corrected chi connectivity index (χ4v) is 5.57. The molecule has 2 N–H and O–H groups in total. The van der Waals surface area contributed by atoms with Gasteiger partial charge >= 0.3 is 0 Å². The number of hydrogen-bond acceptors (Lipinski definition) is 6. The number of sulfonamides is 1. The van der Waals surface area contributed by atoms with Crippen LogP contribution in [0, 0.1) is 0 Å². The highest BCUT2D eigenvalue weighted by Crippen LogP contribution is 2.31. The molecule has 0 radical (unpaired) electrons. The molecule has 0 spiro atoms. The normalized spacial score (nSPS) is 16.7. The monoisotopic (exact) mass is 424 g/mol. The van der Waals surface area contributed by atoms with Gasteiger partial charge in [-0.3, -0.25) is 0 Å². The minimum atomic E-state index is -3.74. The number of halogens is 1. The maximum atomic E-state index is 13.0. The molecule has 7 nitrogen and oxygen atoms in total. The van der Waals surface area contributed by atoms with Crippen LogP contribution in [0.15, 0.2) is 40.9 Å². The summed E-state index contributed by atoms with van der Waals surface area (Å²) in [6, 6.07) is 4.83. The molecular formula is C17H17ClN4O3S2. The predicted molar refractivity (Wildman–Crippen MR) is 104 cm³/mol. The third-order valence-electron chi connectivity index (χ3n) is 4.48. The summed E-state index contributed by atoms with van der Waals surface area (Å²) in [4.78, 5) is 11.8. The van der Waals surface area contributed by atoms with Gasteiger partial charge in [-0.15, -0.1) is 11.3 Å². The summed E-state index contributed by atoms with van der Waals surface area (Å²) in [7, 11) is -3.74. The number of rotatable bonds is 4. The van der Waals surface area contributed by atoms with E-state index in [-0.39, 0.29) is 23.0 Å². The van der Waals surface area contributed by atoms with Crippen LogP contribution >= 0.6 is 22.9 Å². The van der Waals surface area contributed by atoms with Crippen LogP contribution in [0.2, 0.25) is 5.02 Å². The lowest BCUT2D eigenvalue weighted by atomic mass is 10.1. The van der Waals surface area contributed by atoms with Crippen molar-refractivity contribution in [2.24, 2.45) is 0 Å². The van der Waals surface area contributed by atoms with Gasteiger partial charge in [0, 0.05) is 36.4 Å². The third kappa shape index (κ3) is 3.65. The number of aromatic nitrogens is 3. The van der Waals surface area contributed by atoms with Gasteiger partial charge in [0.25, 0.3) is 0 Å². The van der Waals surface area contributed by atoms with Crippen molar-refractivity contribution in [1.29, 1.82) is 0 Å². The molecule has 3 aromatic rings. The van der Waals surface area contributed by atoms with E-state index >= 15 is 0 Å². The zero-order valence-corrected chi connectivity index (χ0v) is 16.6. The van der Waals surface area contributed by atoms with Crippen LogP contribution in [0.25, 0.3) is 22.1 Å². The summed E-state index contributed by atoms with van der Waals surface area (Å²) in [6.07, 6.45) is 3.84. The Morgan fingerprint density at radius 1 is 1.30 bits per heavy atom. The molecule has 0 bridgehead atoms. The van der Waals surface area contributed by atoms with Crippen molar-refractivity contribution in [1.82, 2.24) is 19.3 Å². The predicted octanol–water partition coefficient (Wildman–Crippen LogP) is 3.00. The number of benzene rings is 1. The minimum absolute atomic E-state index is 0.0465. The van der Waals surface area contributed by atoms with Crippen LogP contribution in [-0.2, 0) is 10.0 Å². The Morgan fingerprint density at radius 3 is 2.78 bits per heavy atom. The first-order valence-electron chi connectivity index (χ1n) is 8.38. The van der Waals surface area contributed by atoms with Gasteiger partial charge in [-0.25, -0.2) is 18.4 Å². The lowest BCUT2D eigenvalue weighted by molar-refractivity contribution is 0.113. The molecule has 1 fully saturated rings. The first-order valence-corrected chi connectivity index (χ1v) is 11.1. The van der Waals surface area contributed by atoms with E-state index < -0.39 is 16.1 Å². The van der Waals surface area contributed by atoms with Gasteiger partial charge in [0.1, 0.15) is 21.4 Å². The van der Waals surface area contributed by atoms with E-state index in [4.69, 9.17) is 11.6 Å². The first kappa shape index (κ1) is 18.6. The fraction of sp³-hybridized carbons (Fsp3) is 0.294. The van der Waals surface area contributed by atoms with Gasteiger partial charge < -0.3 is 10.1 Å². The lowest BCUT2D eigenvalue weighted by Gasteiger charge is -2.29. The molecule has 0 aliphatic carbocycles. The van der Waals surface area contributed by atoms with Crippen LogP contribution < -0.4 is 0 Å².